The summed E-state index contributed by atoms with van der Waals surface area (Å²) in [5.41, 5.74) is 1.68. The van der Waals surface area contributed by atoms with Crippen LogP contribution in [0, 0.1) is 5.92 Å². The first kappa shape index (κ1) is 16.5. The van der Waals surface area contributed by atoms with Crippen molar-refractivity contribution in [1.29, 1.82) is 0 Å². The Kier molecular flexibility index (Phi) is 5.86. The second kappa shape index (κ2) is 7.44. The molecule has 0 aromatic carbocycles. The number of hydrogen-bond donors (Lipinski definition) is 1. The Balaban J connectivity index is 2.13. The van der Waals surface area contributed by atoms with E-state index in [9.17, 15) is 0 Å². The van der Waals surface area contributed by atoms with Gasteiger partial charge in [0.15, 0.2) is 0 Å². The van der Waals surface area contributed by atoms with E-state index >= 15 is 0 Å². The molecule has 1 aromatic rings. The Morgan fingerprint density at radius 3 is 2.71 bits per heavy atom. The molecule has 0 saturated heterocycles. The van der Waals surface area contributed by atoms with E-state index in [1.54, 1.807) is 0 Å². The summed E-state index contributed by atoms with van der Waals surface area (Å²) in [5.74, 6) is 1.43. The molecule has 1 saturated carbocycles. The Bertz CT molecular complexity index is 416. The lowest BCUT2D eigenvalue weighted by Gasteiger charge is -2.30. The second-order valence-corrected chi connectivity index (χ2v) is 7.61. The van der Waals surface area contributed by atoms with Gasteiger partial charge in [-0.3, -0.25) is 4.68 Å². The van der Waals surface area contributed by atoms with Gasteiger partial charge in [0.05, 0.1) is 0 Å². The predicted octanol–water partition coefficient (Wildman–Crippen LogP) is 4.35. The average molecular weight is 291 g/mol. The number of aromatic nitrogens is 2. The van der Waals surface area contributed by atoms with E-state index in [2.05, 4.69) is 48.9 Å². The molecule has 1 N–H and O–H groups in total. The van der Waals surface area contributed by atoms with Gasteiger partial charge in [-0.2, -0.15) is 5.10 Å². The van der Waals surface area contributed by atoms with Crippen LogP contribution in [0.4, 0.5) is 0 Å². The summed E-state index contributed by atoms with van der Waals surface area (Å²) in [4.78, 5) is 0. The zero-order valence-corrected chi connectivity index (χ0v) is 14.4. The SMILES string of the molecule is CCCn1nccc1C1CCCCCC1CNC(C)(C)C. The molecule has 1 fully saturated rings. The highest BCUT2D eigenvalue weighted by atomic mass is 15.3. The van der Waals surface area contributed by atoms with Crippen LogP contribution in [-0.4, -0.2) is 21.9 Å². The maximum Gasteiger partial charge on any atom is 0.0492 e. The molecule has 1 aliphatic rings. The van der Waals surface area contributed by atoms with Crippen molar-refractivity contribution < 1.29 is 0 Å². The van der Waals surface area contributed by atoms with Crippen molar-refractivity contribution >= 4 is 0 Å². The Hall–Kier alpha value is -0.830. The van der Waals surface area contributed by atoms with E-state index in [0.717, 1.165) is 25.4 Å². The van der Waals surface area contributed by atoms with Crippen LogP contribution in [0.2, 0.25) is 0 Å². The number of nitrogens with one attached hydrogen (secondary N) is 1. The first-order chi connectivity index (χ1) is 10.0. The zero-order valence-electron chi connectivity index (χ0n) is 14.4. The Morgan fingerprint density at radius 1 is 1.24 bits per heavy atom. The molecule has 0 aliphatic heterocycles. The fraction of sp³-hybridized carbons (Fsp3) is 0.833. The molecular formula is C18H33N3. The van der Waals surface area contributed by atoms with Gasteiger partial charge in [0.25, 0.3) is 0 Å². The first-order valence-electron chi connectivity index (χ1n) is 8.78. The molecule has 3 nitrogen and oxygen atoms in total. The van der Waals surface area contributed by atoms with E-state index in [-0.39, 0.29) is 5.54 Å². The Morgan fingerprint density at radius 2 is 2.00 bits per heavy atom. The van der Waals surface area contributed by atoms with Crippen molar-refractivity contribution in [3.05, 3.63) is 18.0 Å². The van der Waals surface area contributed by atoms with Gasteiger partial charge in [-0.25, -0.2) is 0 Å². The molecule has 2 unspecified atom stereocenters. The molecular weight excluding hydrogens is 258 g/mol. The highest BCUT2D eigenvalue weighted by Gasteiger charge is 2.28. The minimum Gasteiger partial charge on any atom is -0.312 e. The molecule has 1 heterocycles. The molecule has 120 valence electrons. The van der Waals surface area contributed by atoms with Crippen molar-refractivity contribution in [2.75, 3.05) is 6.54 Å². The normalized spacial score (nSPS) is 24.0. The number of rotatable bonds is 5. The quantitative estimate of drug-likeness (QED) is 0.818. The maximum absolute atomic E-state index is 4.55. The van der Waals surface area contributed by atoms with Gasteiger partial charge in [0.1, 0.15) is 0 Å². The highest BCUT2D eigenvalue weighted by Crippen LogP contribution is 2.36. The van der Waals surface area contributed by atoms with Gasteiger partial charge >= 0.3 is 0 Å². The summed E-state index contributed by atoms with van der Waals surface area (Å²) < 4.78 is 2.25. The number of nitrogens with zero attached hydrogens (tertiary/aromatic N) is 2. The lowest BCUT2D eigenvalue weighted by molar-refractivity contribution is 0.312. The summed E-state index contributed by atoms with van der Waals surface area (Å²) in [6.07, 6.45) is 9.97. The summed E-state index contributed by atoms with van der Waals surface area (Å²) in [6, 6.07) is 2.26. The molecule has 1 aliphatic carbocycles. The largest absolute Gasteiger partial charge is 0.312 e. The third-order valence-electron chi connectivity index (χ3n) is 4.62. The van der Waals surface area contributed by atoms with Gasteiger partial charge in [0, 0.05) is 29.9 Å². The van der Waals surface area contributed by atoms with Gasteiger partial charge in [-0.1, -0.05) is 26.2 Å². The van der Waals surface area contributed by atoms with E-state index in [1.807, 2.05) is 6.20 Å². The van der Waals surface area contributed by atoms with Crippen LogP contribution < -0.4 is 5.32 Å². The van der Waals surface area contributed by atoms with Crippen molar-refractivity contribution in [2.24, 2.45) is 5.92 Å². The van der Waals surface area contributed by atoms with E-state index in [0.29, 0.717) is 5.92 Å². The van der Waals surface area contributed by atoms with Crippen molar-refractivity contribution in [3.63, 3.8) is 0 Å². The van der Waals surface area contributed by atoms with Crippen molar-refractivity contribution in [2.45, 2.75) is 84.2 Å². The fourth-order valence-electron chi connectivity index (χ4n) is 3.51. The average Bonchev–Trinajstić information content (AvgIpc) is 2.73. The van der Waals surface area contributed by atoms with Crippen LogP contribution in [0.5, 0.6) is 0 Å². The minimum absolute atomic E-state index is 0.209. The van der Waals surface area contributed by atoms with Crippen LogP contribution in [0.15, 0.2) is 12.3 Å². The molecule has 0 spiro atoms. The van der Waals surface area contributed by atoms with E-state index < -0.39 is 0 Å². The third-order valence-corrected chi connectivity index (χ3v) is 4.62. The molecule has 1 aromatic heterocycles. The smallest absolute Gasteiger partial charge is 0.0492 e. The first-order valence-corrected chi connectivity index (χ1v) is 8.78. The standard InChI is InChI=1S/C18H33N3/c1-5-13-21-17(11-12-20-21)16-10-8-6-7-9-15(16)14-19-18(2,3)4/h11-12,15-16,19H,5-10,13-14H2,1-4H3. The fourth-order valence-corrected chi connectivity index (χ4v) is 3.51. The summed E-state index contributed by atoms with van der Waals surface area (Å²) in [7, 11) is 0. The maximum atomic E-state index is 4.55. The zero-order chi connectivity index (χ0) is 15.3. The molecule has 0 radical (unpaired) electrons. The molecule has 2 atom stereocenters. The molecule has 2 rings (SSSR count). The molecule has 3 heteroatoms. The monoisotopic (exact) mass is 291 g/mol. The van der Waals surface area contributed by atoms with Gasteiger partial charge in [0.2, 0.25) is 0 Å². The Labute approximate surface area is 130 Å². The molecule has 21 heavy (non-hydrogen) atoms. The lowest BCUT2D eigenvalue weighted by Crippen LogP contribution is -2.40. The van der Waals surface area contributed by atoms with E-state index in [1.165, 1.54) is 37.8 Å². The number of hydrogen-bond acceptors (Lipinski definition) is 2. The molecule has 0 bridgehead atoms. The predicted molar refractivity (Wildman–Crippen MR) is 89.6 cm³/mol. The van der Waals surface area contributed by atoms with E-state index in [4.69, 9.17) is 0 Å². The highest BCUT2D eigenvalue weighted by molar-refractivity contribution is 5.10. The van der Waals surface area contributed by atoms with Crippen LogP contribution in [-0.2, 0) is 6.54 Å². The third kappa shape index (κ3) is 4.84. The summed E-state index contributed by atoms with van der Waals surface area (Å²) in [6.45, 7) is 11.2. The number of aryl methyl sites for hydroxylation is 1. The lowest BCUT2D eigenvalue weighted by atomic mass is 9.84. The summed E-state index contributed by atoms with van der Waals surface area (Å²) in [5, 5.41) is 8.28. The van der Waals surface area contributed by atoms with Crippen LogP contribution >= 0.6 is 0 Å². The minimum atomic E-state index is 0.209. The van der Waals surface area contributed by atoms with Crippen LogP contribution in [0.1, 0.15) is 77.8 Å². The summed E-state index contributed by atoms with van der Waals surface area (Å²) >= 11 is 0. The van der Waals surface area contributed by atoms with Crippen molar-refractivity contribution in [1.82, 2.24) is 15.1 Å². The molecule has 0 amide bonds. The second-order valence-electron chi connectivity index (χ2n) is 7.61. The van der Waals surface area contributed by atoms with Crippen LogP contribution in [0.3, 0.4) is 0 Å². The topological polar surface area (TPSA) is 29.9 Å². The van der Waals surface area contributed by atoms with Crippen molar-refractivity contribution in [3.8, 4) is 0 Å². The van der Waals surface area contributed by atoms with Crippen LogP contribution in [0.25, 0.3) is 0 Å². The van der Waals surface area contributed by atoms with Gasteiger partial charge < -0.3 is 5.32 Å². The van der Waals surface area contributed by atoms with Gasteiger partial charge in [-0.15, -0.1) is 0 Å². The van der Waals surface area contributed by atoms with Gasteiger partial charge in [-0.05, 0) is 58.6 Å².